The SMILES string of the molecule is O=C(N/N=C\CCc1ccccc1)c1nn(-c2ccccc2)c(=O)c2ccccc12. The summed E-state index contributed by atoms with van der Waals surface area (Å²) in [7, 11) is 0. The summed E-state index contributed by atoms with van der Waals surface area (Å²) in [4.78, 5) is 25.7. The molecule has 0 atom stereocenters. The number of nitrogens with one attached hydrogen (secondary N) is 1. The lowest BCUT2D eigenvalue weighted by Gasteiger charge is -2.10. The molecule has 6 nitrogen and oxygen atoms in total. The number of hydrogen-bond donors (Lipinski definition) is 1. The first kappa shape index (κ1) is 19.3. The fourth-order valence-electron chi connectivity index (χ4n) is 3.20. The van der Waals surface area contributed by atoms with Gasteiger partial charge in [0.05, 0.1) is 11.1 Å². The molecule has 0 saturated heterocycles. The van der Waals surface area contributed by atoms with Crippen LogP contribution in [0.4, 0.5) is 0 Å². The second-order valence-electron chi connectivity index (χ2n) is 6.72. The van der Waals surface area contributed by atoms with Crippen LogP contribution in [0.1, 0.15) is 22.5 Å². The largest absolute Gasteiger partial charge is 0.292 e. The van der Waals surface area contributed by atoms with Crippen molar-refractivity contribution in [1.29, 1.82) is 0 Å². The quantitative estimate of drug-likeness (QED) is 0.398. The molecule has 1 aromatic heterocycles. The van der Waals surface area contributed by atoms with Crippen LogP contribution >= 0.6 is 0 Å². The van der Waals surface area contributed by atoms with Gasteiger partial charge in [-0.15, -0.1) is 0 Å². The van der Waals surface area contributed by atoms with Gasteiger partial charge in [0.25, 0.3) is 11.5 Å². The Morgan fingerprint density at radius 1 is 0.900 bits per heavy atom. The zero-order valence-electron chi connectivity index (χ0n) is 16.2. The van der Waals surface area contributed by atoms with E-state index in [1.54, 1.807) is 42.6 Å². The van der Waals surface area contributed by atoms with Gasteiger partial charge >= 0.3 is 0 Å². The zero-order valence-corrected chi connectivity index (χ0v) is 16.2. The maximum Gasteiger partial charge on any atom is 0.292 e. The number of fused-ring (bicyclic) bond motifs is 1. The van der Waals surface area contributed by atoms with Crippen molar-refractivity contribution in [3.05, 3.63) is 107 Å². The maximum atomic E-state index is 12.9. The molecule has 30 heavy (non-hydrogen) atoms. The number of aryl methyl sites for hydroxylation is 1. The summed E-state index contributed by atoms with van der Waals surface area (Å²) in [5, 5.41) is 9.30. The number of carbonyl (C=O) groups excluding carboxylic acids is 1. The first-order valence-corrected chi connectivity index (χ1v) is 9.67. The van der Waals surface area contributed by atoms with Crippen molar-refractivity contribution in [2.75, 3.05) is 0 Å². The summed E-state index contributed by atoms with van der Waals surface area (Å²) in [6.45, 7) is 0. The van der Waals surface area contributed by atoms with Gasteiger partial charge in [0.15, 0.2) is 5.69 Å². The molecular weight excluding hydrogens is 376 g/mol. The number of aromatic nitrogens is 2. The Balaban J connectivity index is 1.58. The second kappa shape index (κ2) is 8.96. The van der Waals surface area contributed by atoms with Crippen molar-refractivity contribution < 1.29 is 4.79 Å². The molecule has 0 saturated carbocycles. The minimum absolute atomic E-state index is 0.147. The number of hydrazone groups is 1. The van der Waals surface area contributed by atoms with E-state index in [-0.39, 0.29) is 11.3 Å². The number of nitrogens with zero attached hydrogens (tertiary/aromatic N) is 3. The van der Waals surface area contributed by atoms with Gasteiger partial charge in [0, 0.05) is 11.6 Å². The molecule has 1 amide bonds. The van der Waals surface area contributed by atoms with Crippen molar-refractivity contribution in [2.24, 2.45) is 5.10 Å². The minimum atomic E-state index is -0.466. The van der Waals surface area contributed by atoms with Crippen molar-refractivity contribution in [1.82, 2.24) is 15.2 Å². The summed E-state index contributed by atoms with van der Waals surface area (Å²) >= 11 is 0. The highest BCUT2D eigenvalue weighted by atomic mass is 16.2. The molecule has 0 fully saturated rings. The molecule has 0 bridgehead atoms. The lowest BCUT2D eigenvalue weighted by atomic mass is 10.1. The third-order valence-electron chi connectivity index (χ3n) is 4.68. The number of hydrogen-bond acceptors (Lipinski definition) is 4. The predicted octanol–water partition coefficient (Wildman–Crippen LogP) is 3.73. The van der Waals surface area contributed by atoms with E-state index in [0.29, 0.717) is 22.9 Å². The van der Waals surface area contributed by atoms with Crippen LogP contribution in [-0.2, 0) is 6.42 Å². The van der Waals surface area contributed by atoms with Crippen molar-refractivity contribution >= 4 is 22.9 Å². The Morgan fingerprint density at radius 2 is 1.53 bits per heavy atom. The van der Waals surface area contributed by atoms with Crippen LogP contribution in [0.5, 0.6) is 0 Å². The Morgan fingerprint density at radius 3 is 2.27 bits per heavy atom. The molecule has 0 aliphatic carbocycles. The standard InChI is InChI=1S/C24H20N4O2/c29-23(26-25-17-9-12-18-10-3-1-4-11-18)22-20-15-7-8-16-21(20)24(30)28(27-22)19-13-5-2-6-14-19/h1-8,10-11,13-17H,9,12H2,(H,26,29)/b25-17-. The highest BCUT2D eigenvalue weighted by Gasteiger charge is 2.17. The van der Waals surface area contributed by atoms with Gasteiger partial charge in [0.2, 0.25) is 0 Å². The first-order chi connectivity index (χ1) is 14.7. The Kier molecular flexibility index (Phi) is 5.75. The molecule has 4 aromatic rings. The van der Waals surface area contributed by atoms with E-state index in [2.05, 4.69) is 27.8 Å². The van der Waals surface area contributed by atoms with E-state index in [0.717, 1.165) is 6.42 Å². The number of para-hydroxylation sites is 1. The average molecular weight is 396 g/mol. The second-order valence-corrected chi connectivity index (χ2v) is 6.72. The van der Waals surface area contributed by atoms with Crippen molar-refractivity contribution in [3.8, 4) is 5.69 Å². The van der Waals surface area contributed by atoms with E-state index < -0.39 is 5.91 Å². The molecule has 0 unspecified atom stereocenters. The topological polar surface area (TPSA) is 76.3 Å². The molecule has 6 heteroatoms. The van der Waals surface area contributed by atoms with E-state index in [4.69, 9.17) is 0 Å². The van der Waals surface area contributed by atoms with E-state index >= 15 is 0 Å². The molecule has 0 radical (unpaired) electrons. The van der Waals surface area contributed by atoms with E-state index in [9.17, 15) is 9.59 Å². The van der Waals surface area contributed by atoms with Crippen LogP contribution in [0.3, 0.4) is 0 Å². The van der Waals surface area contributed by atoms with Gasteiger partial charge in [-0.3, -0.25) is 9.59 Å². The third kappa shape index (κ3) is 4.17. The van der Waals surface area contributed by atoms with Gasteiger partial charge in [-0.05, 0) is 36.6 Å². The van der Waals surface area contributed by atoms with Crippen LogP contribution in [0.2, 0.25) is 0 Å². The van der Waals surface area contributed by atoms with Gasteiger partial charge in [0.1, 0.15) is 0 Å². The molecule has 3 aromatic carbocycles. The first-order valence-electron chi connectivity index (χ1n) is 9.67. The van der Waals surface area contributed by atoms with Crippen LogP contribution in [0, 0.1) is 0 Å². The monoisotopic (exact) mass is 396 g/mol. The van der Waals surface area contributed by atoms with Crippen molar-refractivity contribution in [3.63, 3.8) is 0 Å². The Hall–Kier alpha value is -4.06. The van der Waals surface area contributed by atoms with Gasteiger partial charge in [-0.1, -0.05) is 66.7 Å². The summed E-state index contributed by atoms with van der Waals surface area (Å²) in [5.74, 6) is -0.466. The summed E-state index contributed by atoms with van der Waals surface area (Å²) in [6.07, 6.45) is 3.20. The zero-order chi connectivity index (χ0) is 20.8. The van der Waals surface area contributed by atoms with Gasteiger partial charge < -0.3 is 0 Å². The summed E-state index contributed by atoms with van der Waals surface area (Å²) < 4.78 is 1.25. The van der Waals surface area contributed by atoms with Gasteiger partial charge in [-0.25, -0.2) is 5.43 Å². The summed E-state index contributed by atoms with van der Waals surface area (Å²) in [5.41, 5.74) is 4.20. The van der Waals surface area contributed by atoms with Crippen LogP contribution in [-0.4, -0.2) is 21.9 Å². The Bertz CT molecular complexity index is 1250. The van der Waals surface area contributed by atoms with Gasteiger partial charge in [-0.2, -0.15) is 14.9 Å². The maximum absolute atomic E-state index is 12.9. The van der Waals surface area contributed by atoms with Crippen molar-refractivity contribution in [2.45, 2.75) is 12.8 Å². The highest BCUT2D eigenvalue weighted by molar-refractivity contribution is 6.04. The predicted molar refractivity (Wildman–Crippen MR) is 118 cm³/mol. The molecule has 0 aliphatic heterocycles. The molecular formula is C24H20N4O2. The minimum Gasteiger partial charge on any atom is -0.267 e. The van der Waals surface area contributed by atoms with E-state index in [1.807, 2.05) is 36.4 Å². The average Bonchev–Trinajstić information content (AvgIpc) is 2.80. The molecule has 0 aliphatic rings. The molecule has 1 N–H and O–H groups in total. The number of rotatable bonds is 6. The fraction of sp³-hybridized carbons (Fsp3) is 0.0833. The van der Waals surface area contributed by atoms with Crippen LogP contribution < -0.4 is 11.0 Å². The number of amides is 1. The molecule has 4 rings (SSSR count). The summed E-state index contributed by atoms with van der Waals surface area (Å²) in [6, 6.07) is 26.0. The fourth-order valence-corrected chi connectivity index (χ4v) is 3.20. The number of benzene rings is 3. The lowest BCUT2D eigenvalue weighted by Crippen LogP contribution is -2.28. The van der Waals surface area contributed by atoms with Crippen LogP contribution in [0.25, 0.3) is 16.5 Å². The molecule has 1 heterocycles. The normalized spacial score (nSPS) is 11.1. The molecule has 0 spiro atoms. The van der Waals surface area contributed by atoms with Crippen LogP contribution in [0.15, 0.2) is 94.8 Å². The molecule has 148 valence electrons. The van der Waals surface area contributed by atoms with E-state index in [1.165, 1.54) is 10.2 Å². The number of carbonyl (C=O) groups is 1. The Labute approximate surface area is 173 Å². The lowest BCUT2D eigenvalue weighted by molar-refractivity contribution is 0.0950. The highest BCUT2D eigenvalue weighted by Crippen LogP contribution is 2.15. The third-order valence-corrected chi connectivity index (χ3v) is 4.68. The smallest absolute Gasteiger partial charge is 0.267 e.